The lowest BCUT2D eigenvalue weighted by atomic mass is 10.2. The maximum atomic E-state index is 12.1. The molecule has 0 fully saturated rings. The van der Waals surface area contributed by atoms with E-state index in [2.05, 4.69) is 10.3 Å². The molecule has 1 N–H and O–H groups in total. The standard InChI is InChI=1S/C18H16N2O4S/c1-11-7-8-13-15(9-11)25-18(19-13)20-16(21)10-24-17(22)12-5-3-4-6-14(12)23-2/h3-9H,10H2,1-2H3,(H,19,20,21). The molecule has 0 aliphatic carbocycles. The number of hydrogen-bond donors (Lipinski definition) is 1. The first-order valence-corrected chi connectivity index (χ1v) is 8.35. The minimum absolute atomic E-state index is 0.272. The fraction of sp³-hybridized carbons (Fsp3) is 0.167. The summed E-state index contributed by atoms with van der Waals surface area (Å²) in [4.78, 5) is 28.4. The summed E-state index contributed by atoms with van der Waals surface area (Å²) in [5.41, 5.74) is 2.21. The molecular weight excluding hydrogens is 340 g/mol. The van der Waals surface area contributed by atoms with Gasteiger partial charge in [-0.2, -0.15) is 0 Å². The highest BCUT2D eigenvalue weighted by Crippen LogP contribution is 2.26. The monoisotopic (exact) mass is 356 g/mol. The molecule has 1 aromatic heterocycles. The van der Waals surface area contributed by atoms with Gasteiger partial charge in [0.1, 0.15) is 11.3 Å². The Balaban J connectivity index is 1.61. The second kappa shape index (κ2) is 7.31. The first-order valence-electron chi connectivity index (χ1n) is 7.54. The van der Waals surface area contributed by atoms with Gasteiger partial charge >= 0.3 is 5.97 Å². The minimum atomic E-state index is -0.618. The fourth-order valence-corrected chi connectivity index (χ4v) is 3.24. The second-order valence-corrected chi connectivity index (χ2v) is 6.35. The molecule has 0 aliphatic rings. The summed E-state index contributed by atoms with van der Waals surface area (Å²) >= 11 is 1.37. The van der Waals surface area contributed by atoms with Crippen molar-refractivity contribution in [3.05, 3.63) is 53.6 Å². The summed E-state index contributed by atoms with van der Waals surface area (Å²) in [5.74, 6) is -0.666. The van der Waals surface area contributed by atoms with Gasteiger partial charge in [-0.15, -0.1) is 0 Å². The summed E-state index contributed by atoms with van der Waals surface area (Å²) in [6.45, 7) is 1.60. The number of thiazole rings is 1. The predicted octanol–water partition coefficient (Wildman–Crippen LogP) is 3.41. The molecule has 0 unspecified atom stereocenters. The first kappa shape index (κ1) is 16.9. The molecule has 0 radical (unpaired) electrons. The lowest BCUT2D eigenvalue weighted by Gasteiger charge is -2.08. The third-order valence-corrected chi connectivity index (χ3v) is 4.39. The van der Waals surface area contributed by atoms with E-state index in [0.717, 1.165) is 15.8 Å². The number of nitrogens with one attached hydrogen (secondary N) is 1. The number of aromatic nitrogens is 1. The molecule has 0 bridgehead atoms. The van der Waals surface area contributed by atoms with Gasteiger partial charge in [0.15, 0.2) is 11.7 Å². The van der Waals surface area contributed by atoms with E-state index in [1.165, 1.54) is 18.4 Å². The van der Waals surface area contributed by atoms with Gasteiger partial charge < -0.3 is 9.47 Å². The van der Waals surface area contributed by atoms with Crippen molar-refractivity contribution >= 4 is 38.6 Å². The number of rotatable bonds is 5. The summed E-state index contributed by atoms with van der Waals surface area (Å²) in [7, 11) is 1.47. The van der Waals surface area contributed by atoms with Crippen LogP contribution in [0.1, 0.15) is 15.9 Å². The van der Waals surface area contributed by atoms with Gasteiger partial charge in [-0.1, -0.05) is 29.5 Å². The van der Waals surface area contributed by atoms with E-state index in [4.69, 9.17) is 9.47 Å². The Kier molecular flexibility index (Phi) is 4.95. The lowest BCUT2D eigenvalue weighted by molar-refractivity contribution is -0.119. The molecule has 2 aromatic carbocycles. The van der Waals surface area contributed by atoms with Crippen LogP contribution in [0.25, 0.3) is 10.2 Å². The van der Waals surface area contributed by atoms with E-state index >= 15 is 0 Å². The lowest BCUT2D eigenvalue weighted by Crippen LogP contribution is -2.21. The molecule has 1 amide bonds. The van der Waals surface area contributed by atoms with Crippen molar-refractivity contribution in [1.82, 2.24) is 4.98 Å². The zero-order valence-electron chi connectivity index (χ0n) is 13.7. The number of hydrogen-bond acceptors (Lipinski definition) is 6. The zero-order valence-corrected chi connectivity index (χ0v) is 14.6. The number of esters is 1. The molecule has 128 valence electrons. The highest BCUT2D eigenvalue weighted by Gasteiger charge is 2.15. The number of benzene rings is 2. The summed E-state index contributed by atoms with van der Waals surface area (Å²) in [6.07, 6.45) is 0. The van der Waals surface area contributed by atoms with E-state index in [1.54, 1.807) is 24.3 Å². The molecule has 6 nitrogen and oxygen atoms in total. The van der Waals surface area contributed by atoms with Crippen LogP contribution in [-0.4, -0.2) is 30.6 Å². The van der Waals surface area contributed by atoms with Crippen molar-refractivity contribution in [2.75, 3.05) is 19.0 Å². The maximum absolute atomic E-state index is 12.1. The van der Waals surface area contributed by atoms with Crippen molar-refractivity contribution in [1.29, 1.82) is 0 Å². The predicted molar refractivity (Wildman–Crippen MR) is 96.3 cm³/mol. The Hall–Kier alpha value is -2.93. The van der Waals surface area contributed by atoms with Crippen LogP contribution >= 0.6 is 11.3 Å². The van der Waals surface area contributed by atoms with Gasteiger partial charge in [-0.3, -0.25) is 10.1 Å². The summed E-state index contributed by atoms with van der Waals surface area (Å²) in [6, 6.07) is 12.5. The number of para-hydroxylation sites is 1. The summed E-state index contributed by atoms with van der Waals surface area (Å²) < 4.78 is 11.1. The van der Waals surface area contributed by atoms with Crippen molar-refractivity contribution in [2.45, 2.75) is 6.92 Å². The first-order chi connectivity index (χ1) is 12.1. The normalized spacial score (nSPS) is 10.5. The number of methoxy groups -OCH3 is 1. The maximum Gasteiger partial charge on any atom is 0.342 e. The highest BCUT2D eigenvalue weighted by atomic mass is 32.1. The number of amides is 1. The van der Waals surface area contributed by atoms with E-state index in [-0.39, 0.29) is 5.56 Å². The van der Waals surface area contributed by atoms with Crippen molar-refractivity contribution in [2.24, 2.45) is 0 Å². The van der Waals surface area contributed by atoms with E-state index in [0.29, 0.717) is 10.9 Å². The Morgan fingerprint density at radius 2 is 2.00 bits per heavy atom. The van der Waals surface area contributed by atoms with Crippen LogP contribution < -0.4 is 10.1 Å². The van der Waals surface area contributed by atoms with Crippen LogP contribution in [0.3, 0.4) is 0 Å². The fourth-order valence-electron chi connectivity index (χ4n) is 2.26. The largest absolute Gasteiger partial charge is 0.496 e. The Labute approximate surface area is 148 Å². The SMILES string of the molecule is COc1ccccc1C(=O)OCC(=O)Nc1nc2ccc(C)cc2s1. The number of anilines is 1. The average Bonchev–Trinajstić information content (AvgIpc) is 3.00. The van der Waals surface area contributed by atoms with Gasteiger partial charge in [0, 0.05) is 0 Å². The van der Waals surface area contributed by atoms with Gasteiger partial charge in [0.2, 0.25) is 0 Å². The number of fused-ring (bicyclic) bond motifs is 1. The van der Waals surface area contributed by atoms with E-state index in [1.807, 2.05) is 25.1 Å². The molecule has 25 heavy (non-hydrogen) atoms. The van der Waals surface area contributed by atoms with Gasteiger partial charge in [-0.25, -0.2) is 9.78 Å². The van der Waals surface area contributed by atoms with Crippen LogP contribution in [0.2, 0.25) is 0 Å². The Morgan fingerprint density at radius 3 is 2.80 bits per heavy atom. The van der Waals surface area contributed by atoms with Crippen LogP contribution in [0.4, 0.5) is 5.13 Å². The van der Waals surface area contributed by atoms with Crippen molar-refractivity contribution in [3.63, 3.8) is 0 Å². The number of carbonyl (C=O) groups is 2. The molecule has 1 heterocycles. The third-order valence-electron chi connectivity index (χ3n) is 3.45. The van der Waals surface area contributed by atoms with Gasteiger partial charge in [-0.05, 0) is 36.8 Å². The molecular formula is C18H16N2O4S. The van der Waals surface area contributed by atoms with E-state index < -0.39 is 18.5 Å². The topological polar surface area (TPSA) is 77.5 Å². The van der Waals surface area contributed by atoms with E-state index in [9.17, 15) is 9.59 Å². The number of nitrogens with zero attached hydrogens (tertiary/aromatic N) is 1. The molecule has 7 heteroatoms. The van der Waals surface area contributed by atoms with Crippen LogP contribution in [0, 0.1) is 6.92 Å². The highest BCUT2D eigenvalue weighted by molar-refractivity contribution is 7.22. The molecule has 0 saturated carbocycles. The number of carbonyl (C=O) groups excluding carboxylic acids is 2. The smallest absolute Gasteiger partial charge is 0.342 e. The summed E-state index contributed by atoms with van der Waals surface area (Å²) in [5, 5.41) is 3.12. The van der Waals surface area contributed by atoms with Crippen LogP contribution in [-0.2, 0) is 9.53 Å². The van der Waals surface area contributed by atoms with Crippen LogP contribution in [0.15, 0.2) is 42.5 Å². The van der Waals surface area contributed by atoms with Crippen LogP contribution in [0.5, 0.6) is 5.75 Å². The minimum Gasteiger partial charge on any atom is -0.496 e. The average molecular weight is 356 g/mol. The van der Waals surface area contributed by atoms with Gasteiger partial charge in [0.25, 0.3) is 5.91 Å². The molecule has 3 aromatic rings. The third kappa shape index (κ3) is 3.95. The molecule has 0 spiro atoms. The Bertz CT molecular complexity index is 936. The van der Waals surface area contributed by atoms with Crippen molar-refractivity contribution in [3.8, 4) is 5.75 Å². The molecule has 0 saturated heterocycles. The molecule has 3 rings (SSSR count). The molecule has 0 aliphatic heterocycles. The van der Waals surface area contributed by atoms with Crippen molar-refractivity contribution < 1.29 is 19.1 Å². The second-order valence-electron chi connectivity index (χ2n) is 5.31. The quantitative estimate of drug-likeness (QED) is 0.709. The zero-order chi connectivity index (χ0) is 17.8. The Morgan fingerprint density at radius 1 is 1.20 bits per heavy atom. The molecule has 0 atom stereocenters. The number of aryl methyl sites for hydroxylation is 1. The van der Waals surface area contributed by atoms with Gasteiger partial charge in [0.05, 0.1) is 17.3 Å². The number of ether oxygens (including phenoxy) is 2.